The maximum absolute atomic E-state index is 12.1. The van der Waals surface area contributed by atoms with Gasteiger partial charge in [-0.3, -0.25) is 9.69 Å². The van der Waals surface area contributed by atoms with Crippen LogP contribution in [0.1, 0.15) is 20.3 Å². The standard InChI is InChI=1S/C14H23N3O2/c1-3-7-17(8-9-18)11(2)14(19)16-13-6-4-5-12(15)10-13/h4-6,10-11,18H,3,7-9,15H2,1-2H3,(H,16,19). The molecule has 4 N–H and O–H groups in total. The molecule has 1 atom stereocenters. The number of nitrogens with two attached hydrogens (primary N) is 1. The molecule has 0 heterocycles. The smallest absolute Gasteiger partial charge is 0.241 e. The molecular formula is C14H23N3O2. The molecule has 0 aliphatic rings. The maximum atomic E-state index is 12.1. The van der Waals surface area contributed by atoms with Crippen LogP contribution in [0.4, 0.5) is 11.4 Å². The maximum Gasteiger partial charge on any atom is 0.241 e. The summed E-state index contributed by atoms with van der Waals surface area (Å²) in [5.74, 6) is -0.0903. The van der Waals surface area contributed by atoms with Crippen molar-refractivity contribution >= 4 is 17.3 Å². The SMILES string of the molecule is CCCN(CCO)C(C)C(=O)Nc1cccc(N)c1. The van der Waals surface area contributed by atoms with Crippen molar-refractivity contribution < 1.29 is 9.90 Å². The van der Waals surface area contributed by atoms with Crippen LogP contribution >= 0.6 is 0 Å². The minimum atomic E-state index is -0.284. The Bertz CT molecular complexity index is 403. The summed E-state index contributed by atoms with van der Waals surface area (Å²) in [6.07, 6.45) is 0.940. The van der Waals surface area contributed by atoms with E-state index in [2.05, 4.69) is 5.32 Å². The predicted octanol–water partition coefficient (Wildman–Crippen LogP) is 1.30. The molecule has 0 aliphatic carbocycles. The van der Waals surface area contributed by atoms with Crippen molar-refractivity contribution in [2.45, 2.75) is 26.3 Å². The first-order valence-electron chi connectivity index (χ1n) is 6.59. The lowest BCUT2D eigenvalue weighted by atomic mass is 10.2. The van der Waals surface area contributed by atoms with E-state index in [1.54, 1.807) is 24.3 Å². The predicted molar refractivity (Wildman–Crippen MR) is 77.9 cm³/mol. The fourth-order valence-corrected chi connectivity index (χ4v) is 1.94. The van der Waals surface area contributed by atoms with Crippen LogP contribution in [0, 0.1) is 0 Å². The van der Waals surface area contributed by atoms with Crippen molar-refractivity contribution in [2.24, 2.45) is 0 Å². The van der Waals surface area contributed by atoms with Crippen molar-refractivity contribution in [3.8, 4) is 0 Å². The van der Waals surface area contributed by atoms with Crippen molar-refractivity contribution in [2.75, 3.05) is 30.7 Å². The number of nitrogen functional groups attached to an aromatic ring is 1. The zero-order chi connectivity index (χ0) is 14.3. The van der Waals surface area contributed by atoms with Crippen LogP contribution in [-0.2, 0) is 4.79 Å². The van der Waals surface area contributed by atoms with Crippen LogP contribution in [0.5, 0.6) is 0 Å². The number of aliphatic hydroxyl groups is 1. The lowest BCUT2D eigenvalue weighted by Gasteiger charge is -2.27. The number of aliphatic hydroxyl groups excluding tert-OH is 1. The van der Waals surface area contributed by atoms with Crippen LogP contribution in [0.3, 0.4) is 0 Å². The second-order valence-electron chi connectivity index (χ2n) is 4.55. The minimum Gasteiger partial charge on any atom is -0.399 e. The van der Waals surface area contributed by atoms with Crippen molar-refractivity contribution in [3.63, 3.8) is 0 Å². The van der Waals surface area contributed by atoms with Gasteiger partial charge in [0.1, 0.15) is 0 Å². The fourth-order valence-electron chi connectivity index (χ4n) is 1.94. The van der Waals surface area contributed by atoms with Gasteiger partial charge in [-0.1, -0.05) is 13.0 Å². The third-order valence-electron chi connectivity index (χ3n) is 2.98. The van der Waals surface area contributed by atoms with E-state index in [9.17, 15) is 4.79 Å². The number of amides is 1. The van der Waals surface area contributed by atoms with Gasteiger partial charge in [0.15, 0.2) is 0 Å². The van der Waals surface area contributed by atoms with Gasteiger partial charge < -0.3 is 16.2 Å². The van der Waals surface area contributed by atoms with E-state index in [1.807, 2.05) is 18.7 Å². The Hall–Kier alpha value is -1.59. The van der Waals surface area contributed by atoms with Gasteiger partial charge in [-0.05, 0) is 38.1 Å². The Morgan fingerprint density at radius 3 is 2.79 bits per heavy atom. The minimum absolute atomic E-state index is 0.0515. The molecule has 5 nitrogen and oxygen atoms in total. The normalized spacial score (nSPS) is 12.4. The molecule has 1 aromatic rings. The summed E-state index contributed by atoms with van der Waals surface area (Å²) in [4.78, 5) is 14.1. The molecule has 0 saturated heterocycles. The monoisotopic (exact) mass is 265 g/mol. The van der Waals surface area contributed by atoms with Gasteiger partial charge in [0.25, 0.3) is 0 Å². The van der Waals surface area contributed by atoms with E-state index >= 15 is 0 Å². The number of nitrogens with zero attached hydrogens (tertiary/aromatic N) is 1. The zero-order valence-corrected chi connectivity index (χ0v) is 11.6. The summed E-state index contributed by atoms with van der Waals surface area (Å²) >= 11 is 0. The quantitative estimate of drug-likeness (QED) is 0.649. The largest absolute Gasteiger partial charge is 0.399 e. The van der Waals surface area contributed by atoms with Gasteiger partial charge in [-0.2, -0.15) is 0 Å². The number of anilines is 2. The second kappa shape index (κ2) is 7.76. The topological polar surface area (TPSA) is 78.6 Å². The molecule has 1 aromatic carbocycles. The molecule has 0 fully saturated rings. The first-order chi connectivity index (χ1) is 9.08. The first-order valence-corrected chi connectivity index (χ1v) is 6.59. The Labute approximate surface area is 114 Å². The van der Waals surface area contributed by atoms with E-state index < -0.39 is 0 Å². The molecule has 5 heteroatoms. The number of nitrogens with one attached hydrogen (secondary N) is 1. The number of carbonyl (C=O) groups is 1. The number of benzene rings is 1. The number of hydrogen-bond acceptors (Lipinski definition) is 4. The lowest BCUT2D eigenvalue weighted by Crippen LogP contribution is -2.43. The Morgan fingerprint density at radius 2 is 2.21 bits per heavy atom. The van der Waals surface area contributed by atoms with Crippen LogP contribution < -0.4 is 11.1 Å². The van der Waals surface area contributed by atoms with E-state index in [-0.39, 0.29) is 18.6 Å². The highest BCUT2D eigenvalue weighted by atomic mass is 16.3. The first kappa shape index (κ1) is 15.5. The van der Waals surface area contributed by atoms with Gasteiger partial charge in [-0.15, -0.1) is 0 Å². The lowest BCUT2D eigenvalue weighted by molar-refractivity contribution is -0.120. The molecule has 0 aromatic heterocycles. The molecule has 0 aliphatic heterocycles. The van der Waals surface area contributed by atoms with Gasteiger partial charge in [0.05, 0.1) is 12.6 Å². The summed E-state index contributed by atoms with van der Waals surface area (Å²) in [6, 6.07) is 6.81. The number of rotatable bonds is 7. The zero-order valence-electron chi connectivity index (χ0n) is 11.6. The van der Waals surface area contributed by atoms with Crippen molar-refractivity contribution in [1.29, 1.82) is 0 Å². The number of hydrogen-bond donors (Lipinski definition) is 3. The van der Waals surface area contributed by atoms with E-state index in [1.165, 1.54) is 0 Å². The van der Waals surface area contributed by atoms with E-state index in [0.29, 0.717) is 17.9 Å². The summed E-state index contributed by atoms with van der Waals surface area (Å²) in [5.41, 5.74) is 6.98. The summed E-state index contributed by atoms with van der Waals surface area (Å²) in [6.45, 7) is 5.22. The van der Waals surface area contributed by atoms with Crippen molar-refractivity contribution in [3.05, 3.63) is 24.3 Å². The van der Waals surface area contributed by atoms with Crippen molar-refractivity contribution in [1.82, 2.24) is 4.90 Å². The van der Waals surface area contributed by atoms with Gasteiger partial charge >= 0.3 is 0 Å². The summed E-state index contributed by atoms with van der Waals surface area (Å²) < 4.78 is 0. The number of carbonyl (C=O) groups excluding carboxylic acids is 1. The highest BCUT2D eigenvalue weighted by Crippen LogP contribution is 2.13. The van der Waals surface area contributed by atoms with Crippen LogP contribution in [0.25, 0.3) is 0 Å². The molecule has 0 spiro atoms. The average Bonchev–Trinajstić information content (AvgIpc) is 2.37. The van der Waals surface area contributed by atoms with Gasteiger partial charge in [0, 0.05) is 17.9 Å². The second-order valence-corrected chi connectivity index (χ2v) is 4.55. The van der Waals surface area contributed by atoms with Gasteiger partial charge in [0.2, 0.25) is 5.91 Å². The fraction of sp³-hybridized carbons (Fsp3) is 0.500. The summed E-state index contributed by atoms with van der Waals surface area (Å²) in [5, 5.41) is 11.9. The molecule has 106 valence electrons. The average molecular weight is 265 g/mol. The van der Waals surface area contributed by atoms with E-state index in [4.69, 9.17) is 10.8 Å². The van der Waals surface area contributed by atoms with Crippen LogP contribution in [0.15, 0.2) is 24.3 Å². The molecule has 1 amide bonds. The third kappa shape index (κ3) is 4.89. The Balaban J connectivity index is 2.65. The Morgan fingerprint density at radius 1 is 1.47 bits per heavy atom. The molecule has 1 unspecified atom stereocenters. The molecule has 0 saturated carbocycles. The third-order valence-corrected chi connectivity index (χ3v) is 2.98. The highest BCUT2D eigenvalue weighted by Gasteiger charge is 2.20. The molecular weight excluding hydrogens is 242 g/mol. The van der Waals surface area contributed by atoms with E-state index in [0.717, 1.165) is 13.0 Å². The molecule has 0 radical (unpaired) electrons. The molecule has 1 rings (SSSR count). The van der Waals surface area contributed by atoms with Crippen LogP contribution in [0.2, 0.25) is 0 Å². The summed E-state index contributed by atoms with van der Waals surface area (Å²) in [7, 11) is 0. The Kier molecular flexibility index (Phi) is 6.32. The van der Waals surface area contributed by atoms with Crippen LogP contribution in [-0.4, -0.2) is 41.7 Å². The highest BCUT2D eigenvalue weighted by molar-refractivity contribution is 5.94. The molecule has 0 bridgehead atoms. The van der Waals surface area contributed by atoms with Gasteiger partial charge in [-0.25, -0.2) is 0 Å². The molecule has 19 heavy (non-hydrogen) atoms.